The Kier molecular flexibility index (Phi) is 3.38. The van der Waals surface area contributed by atoms with Crippen LogP contribution in [-0.2, 0) is 6.54 Å². The summed E-state index contributed by atoms with van der Waals surface area (Å²) in [5.74, 6) is 0.710. The largest absolute Gasteiger partial charge is 0.381 e. The molecule has 0 aliphatic heterocycles. The maximum atomic E-state index is 12.6. The minimum Gasteiger partial charge on any atom is -0.381 e. The summed E-state index contributed by atoms with van der Waals surface area (Å²) in [6, 6.07) is 9.63. The van der Waals surface area contributed by atoms with Crippen LogP contribution in [0.25, 0.3) is 11.7 Å². The van der Waals surface area contributed by atoms with E-state index in [0.29, 0.717) is 23.7 Å². The predicted octanol–water partition coefficient (Wildman–Crippen LogP) is 1.21. The van der Waals surface area contributed by atoms with Gasteiger partial charge in [-0.2, -0.15) is 0 Å². The summed E-state index contributed by atoms with van der Waals surface area (Å²) in [4.78, 5) is 16.9. The lowest BCUT2D eigenvalue weighted by atomic mass is 10.2. The normalized spacial score (nSPS) is 10.8. The van der Waals surface area contributed by atoms with Crippen LogP contribution in [0.15, 0.2) is 41.7 Å². The molecule has 0 saturated heterocycles. The van der Waals surface area contributed by atoms with Gasteiger partial charge < -0.3 is 11.1 Å². The van der Waals surface area contributed by atoms with E-state index < -0.39 is 0 Å². The van der Waals surface area contributed by atoms with Crippen molar-refractivity contribution >= 4 is 23.4 Å². The molecular formula is C15H16N6O. The maximum Gasteiger partial charge on any atom is 0.352 e. The Balaban J connectivity index is 2.23. The highest BCUT2D eigenvalue weighted by Gasteiger charge is 2.16. The summed E-state index contributed by atoms with van der Waals surface area (Å²) >= 11 is 0. The summed E-state index contributed by atoms with van der Waals surface area (Å²) in [6.07, 6.45) is 1.54. The van der Waals surface area contributed by atoms with E-state index in [0.717, 1.165) is 5.56 Å². The zero-order valence-electron chi connectivity index (χ0n) is 12.2. The smallest absolute Gasteiger partial charge is 0.352 e. The molecule has 7 heteroatoms. The average molecular weight is 296 g/mol. The van der Waals surface area contributed by atoms with Crippen LogP contribution in [0.3, 0.4) is 0 Å². The quantitative estimate of drug-likeness (QED) is 0.755. The van der Waals surface area contributed by atoms with Gasteiger partial charge in [0, 0.05) is 7.05 Å². The second kappa shape index (κ2) is 5.36. The van der Waals surface area contributed by atoms with Gasteiger partial charge in [-0.1, -0.05) is 36.9 Å². The number of benzene rings is 1. The molecule has 2 heterocycles. The van der Waals surface area contributed by atoms with Crippen LogP contribution >= 0.6 is 0 Å². The molecule has 0 bridgehead atoms. The van der Waals surface area contributed by atoms with Gasteiger partial charge in [-0.15, -0.1) is 5.10 Å². The highest BCUT2D eigenvalue weighted by atomic mass is 16.2. The Morgan fingerprint density at radius 2 is 2.09 bits per heavy atom. The first kappa shape index (κ1) is 13.9. The minimum atomic E-state index is -0.277. The van der Waals surface area contributed by atoms with Gasteiger partial charge in [0.2, 0.25) is 5.65 Å². The molecule has 7 nitrogen and oxygen atoms in total. The molecule has 3 N–H and O–H groups in total. The molecule has 0 aliphatic carbocycles. The second-order valence-electron chi connectivity index (χ2n) is 4.77. The molecule has 3 rings (SSSR count). The molecule has 2 aromatic heterocycles. The zero-order valence-corrected chi connectivity index (χ0v) is 12.2. The van der Waals surface area contributed by atoms with Crippen molar-refractivity contribution in [1.29, 1.82) is 0 Å². The fraction of sp³-hybridized carbons (Fsp3) is 0.133. The zero-order chi connectivity index (χ0) is 15.7. The van der Waals surface area contributed by atoms with Gasteiger partial charge in [-0.3, -0.25) is 0 Å². The number of nitrogens with one attached hydrogen (secondary N) is 1. The fourth-order valence-electron chi connectivity index (χ4n) is 2.36. The van der Waals surface area contributed by atoms with Gasteiger partial charge in [-0.05, 0) is 11.6 Å². The molecule has 0 atom stereocenters. The standard InChI is InChI=1S/C15H16N6O/c1-3-11-13(17-2)21-14(12(16)18-11)19-20(15(21)22)9-10-7-5-4-6-8-10/h3-8,17H,1,9H2,2H3,(H2,16,18). The summed E-state index contributed by atoms with van der Waals surface area (Å²) in [7, 11) is 1.71. The van der Waals surface area contributed by atoms with Crippen LogP contribution in [0.2, 0.25) is 0 Å². The van der Waals surface area contributed by atoms with Gasteiger partial charge in [0.1, 0.15) is 11.5 Å². The molecule has 3 aromatic rings. The van der Waals surface area contributed by atoms with Crippen molar-refractivity contribution < 1.29 is 0 Å². The average Bonchev–Trinajstić information content (AvgIpc) is 2.86. The second-order valence-corrected chi connectivity index (χ2v) is 4.77. The molecule has 0 radical (unpaired) electrons. The monoisotopic (exact) mass is 296 g/mol. The summed E-state index contributed by atoms with van der Waals surface area (Å²) < 4.78 is 2.79. The molecule has 0 aliphatic rings. The van der Waals surface area contributed by atoms with Gasteiger partial charge in [0.05, 0.1) is 6.54 Å². The molecule has 1 aromatic carbocycles. The molecule has 112 valence electrons. The van der Waals surface area contributed by atoms with Crippen molar-refractivity contribution in [3.05, 3.63) is 58.7 Å². The molecule has 0 saturated carbocycles. The van der Waals surface area contributed by atoms with E-state index in [2.05, 4.69) is 22.0 Å². The van der Waals surface area contributed by atoms with E-state index in [9.17, 15) is 4.79 Å². The molecule has 0 unspecified atom stereocenters. The van der Waals surface area contributed by atoms with Gasteiger partial charge in [0.25, 0.3) is 0 Å². The van der Waals surface area contributed by atoms with Crippen LogP contribution < -0.4 is 16.7 Å². The number of rotatable bonds is 4. The fourth-order valence-corrected chi connectivity index (χ4v) is 2.36. The van der Waals surface area contributed by atoms with Crippen LogP contribution in [0.1, 0.15) is 11.3 Å². The Morgan fingerprint density at radius 3 is 2.73 bits per heavy atom. The van der Waals surface area contributed by atoms with E-state index in [1.165, 1.54) is 9.08 Å². The molecular weight excluding hydrogens is 280 g/mol. The molecule has 0 amide bonds. The number of aromatic nitrogens is 4. The number of nitrogens with two attached hydrogens (primary N) is 1. The lowest BCUT2D eigenvalue weighted by Crippen LogP contribution is -2.23. The summed E-state index contributed by atoms with van der Waals surface area (Å²) in [6.45, 7) is 4.06. The molecule has 0 fully saturated rings. The number of hydrogen-bond acceptors (Lipinski definition) is 5. The van der Waals surface area contributed by atoms with Gasteiger partial charge in [-0.25, -0.2) is 18.9 Å². The number of nitrogen functional groups attached to an aromatic ring is 1. The van der Waals surface area contributed by atoms with Gasteiger partial charge >= 0.3 is 5.69 Å². The Labute approximate surface area is 126 Å². The number of anilines is 2. The van der Waals surface area contributed by atoms with Crippen molar-refractivity contribution in [2.45, 2.75) is 6.54 Å². The Morgan fingerprint density at radius 1 is 1.36 bits per heavy atom. The first-order valence-corrected chi connectivity index (χ1v) is 6.79. The van der Waals surface area contributed by atoms with E-state index >= 15 is 0 Å². The van der Waals surface area contributed by atoms with Crippen LogP contribution in [-0.4, -0.2) is 26.2 Å². The summed E-state index contributed by atoms with van der Waals surface area (Å²) in [5.41, 5.74) is 7.45. The van der Waals surface area contributed by atoms with Crippen molar-refractivity contribution in [2.75, 3.05) is 18.1 Å². The van der Waals surface area contributed by atoms with Crippen molar-refractivity contribution in [3.8, 4) is 0 Å². The minimum absolute atomic E-state index is 0.192. The lowest BCUT2D eigenvalue weighted by molar-refractivity contribution is 0.659. The third-order valence-electron chi connectivity index (χ3n) is 3.38. The first-order chi connectivity index (χ1) is 10.7. The van der Waals surface area contributed by atoms with Crippen LogP contribution in [0.4, 0.5) is 11.6 Å². The topological polar surface area (TPSA) is 90.2 Å². The Bertz CT molecular complexity index is 894. The first-order valence-electron chi connectivity index (χ1n) is 6.79. The van der Waals surface area contributed by atoms with Gasteiger partial charge in [0.15, 0.2) is 5.82 Å². The Hall–Kier alpha value is -3.09. The van der Waals surface area contributed by atoms with Crippen LogP contribution in [0.5, 0.6) is 0 Å². The SMILES string of the molecule is C=Cc1nc(N)c2nn(Cc3ccccc3)c(=O)n2c1NC. The highest BCUT2D eigenvalue weighted by Crippen LogP contribution is 2.18. The number of fused-ring (bicyclic) bond motifs is 1. The van der Waals surface area contributed by atoms with Crippen molar-refractivity contribution in [2.24, 2.45) is 0 Å². The van der Waals surface area contributed by atoms with Crippen molar-refractivity contribution in [1.82, 2.24) is 19.2 Å². The molecule has 0 spiro atoms. The lowest BCUT2D eigenvalue weighted by Gasteiger charge is -2.07. The third-order valence-corrected chi connectivity index (χ3v) is 3.38. The number of nitrogens with zero attached hydrogens (tertiary/aromatic N) is 4. The van der Waals surface area contributed by atoms with E-state index in [4.69, 9.17) is 5.73 Å². The predicted molar refractivity (Wildman–Crippen MR) is 86.8 cm³/mol. The molecule has 22 heavy (non-hydrogen) atoms. The maximum absolute atomic E-state index is 12.6. The van der Waals surface area contributed by atoms with Crippen LogP contribution in [0, 0.1) is 0 Å². The number of hydrogen-bond donors (Lipinski definition) is 2. The summed E-state index contributed by atoms with van der Waals surface area (Å²) in [5, 5.41) is 7.25. The van der Waals surface area contributed by atoms with Crippen molar-refractivity contribution in [3.63, 3.8) is 0 Å². The van der Waals surface area contributed by atoms with E-state index in [1.54, 1.807) is 13.1 Å². The van der Waals surface area contributed by atoms with E-state index in [-0.39, 0.29) is 11.5 Å². The van der Waals surface area contributed by atoms with E-state index in [1.807, 2.05) is 30.3 Å². The third kappa shape index (κ3) is 2.12. The highest BCUT2D eigenvalue weighted by molar-refractivity contribution is 5.70.